The zero-order chi connectivity index (χ0) is 13.0. The van der Waals surface area contributed by atoms with E-state index in [-0.39, 0.29) is 5.97 Å². The largest absolute Gasteiger partial charge is 0.463 e. The van der Waals surface area contributed by atoms with Gasteiger partial charge in [-0.1, -0.05) is 18.2 Å². The summed E-state index contributed by atoms with van der Waals surface area (Å²) >= 11 is 0. The molecule has 0 atom stereocenters. The van der Waals surface area contributed by atoms with Crippen LogP contribution < -0.4 is 0 Å². The Morgan fingerprint density at radius 2 is 2.28 bits per heavy atom. The van der Waals surface area contributed by atoms with Crippen molar-refractivity contribution in [3.63, 3.8) is 0 Å². The molecule has 0 spiro atoms. The van der Waals surface area contributed by atoms with Gasteiger partial charge in [-0.2, -0.15) is 0 Å². The maximum Gasteiger partial charge on any atom is 0.330 e. The molecule has 2 rings (SSSR count). The van der Waals surface area contributed by atoms with E-state index < -0.39 is 0 Å². The average molecular weight is 245 g/mol. The number of carbonyl (C=O) groups is 1. The second-order valence-corrected chi connectivity index (χ2v) is 4.60. The van der Waals surface area contributed by atoms with Crippen LogP contribution in [0, 0.1) is 0 Å². The molecule has 0 N–H and O–H groups in total. The molecule has 0 radical (unpaired) electrons. The minimum absolute atomic E-state index is 0.282. The first-order valence-electron chi connectivity index (χ1n) is 6.34. The van der Waals surface area contributed by atoms with Crippen molar-refractivity contribution in [1.82, 2.24) is 4.90 Å². The van der Waals surface area contributed by atoms with E-state index in [0.29, 0.717) is 6.61 Å². The number of hydrogen-bond donors (Lipinski definition) is 0. The standard InChI is InChI=1S/C15H19NO2/c1-3-18-15(17)7-5-12-4-6-14-11-16(2)9-8-13(14)10-12/h4-7,10H,3,8-9,11H2,1-2H3/b7-5+. The number of carbonyl (C=O) groups excluding carboxylic acids is 1. The number of likely N-dealkylation sites (N-methyl/N-ethyl adjacent to an activating group) is 1. The summed E-state index contributed by atoms with van der Waals surface area (Å²) < 4.78 is 4.86. The number of ether oxygens (including phenoxy) is 1. The van der Waals surface area contributed by atoms with E-state index in [4.69, 9.17) is 4.74 Å². The smallest absolute Gasteiger partial charge is 0.330 e. The van der Waals surface area contributed by atoms with Gasteiger partial charge in [-0.3, -0.25) is 0 Å². The van der Waals surface area contributed by atoms with Crippen LogP contribution in [0.15, 0.2) is 24.3 Å². The average Bonchev–Trinajstić information content (AvgIpc) is 2.36. The number of benzene rings is 1. The van der Waals surface area contributed by atoms with Crippen LogP contribution in [0.1, 0.15) is 23.6 Å². The number of esters is 1. The third kappa shape index (κ3) is 3.20. The molecule has 0 amide bonds. The fraction of sp³-hybridized carbons (Fsp3) is 0.400. The molecular formula is C15H19NO2. The molecule has 0 bridgehead atoms. The molecule has 96 valence electrons. The molecule has 1 aliphatic heterocycles. The third-order valence-electron chi connectivity index (χ3n) is 3.13. The predicted molar refractivity (Wildman–Crippen MR) is 72.1 cm³/mol. The fourth-order valence-corrected chi connectivity index (χ4v) is 2.17. The minimum atomic E-state index is -0.282. The van der Waals surface area contributed by atoms with Crippen molar-refractivity contribution in [1.29, 1.82) is 0 Å². The Kier molecular flexibility index (Phi) is 4.15. The Balaban J connectivity index is 2.09. The first kappa shape index (κ1) is 12.8. The molecule has 0 aromatic heterocycles. The van der Waals surface area contributed by atoms with Gasteiger partial charge < -0.3 is 9.64 Å². The molecule has 18 heavy (non-hydrogen) atoms. The summed E-state index contributed by atoms with van der Waals surface area (Å²) in [5.41, 5.74) is 3.84. The van der Waals surface area contributed by atoms with Crippen LogP contribution >= 0.6 is 0 Å². The lowest BCUT2D eigenvalue weighted by atomic mass is 9.97. The van der Waals surface area contributed by atoms with E-state index >= 15 is 0 Å². The van der Waals surface area contributed by atoms with E-state index in [1.54, 1.807) is 6.92 Å². The van der Waals surface area contributed by atoms with Gasteiger partial charge in [0.25, 0.3) is 0 Å². The second kappa shape index (κ2) is 5.83. The second-order valence-electron chi connectivity index (χ2n) is 4.60. The van der Waals surface area contributed by atoms with Crippen LogP contribution in [0.2, 0.25) is 0 Å². The van der Waals surface area contributed by atoms with Gasteiger partial charge in [-0.15, -0.1) is 0 Å². The molecule has 1 heterocycles. The van der Waals surface area contributed by atoms with Crippen LogP contribution in [0.4, 0.5) is 0 Å². The van der Waals surface area contributed by atoms with Crippen molar-refractivity contribution in [2.75, 3.05) is 20.2 Å². The highest BCUT2D eigenvalue weighted by atomic mass is 16.5. The maximum absolute atomic E-state index is 11.2. The molecule has 0 saturated carbocycles. The zero-order valence-electron chi connectivity index (χ0n) is 11.0. The molecule has 0 saturated heterocycles. The fourth-order valence-electron chi connectivity index (χ4n) is 2.17. The number of fused-ring (bicyclic) bond motifs is 1. The van der Waals surface area contributed by atoms with Crippen LogP contribution in [0.5, 0.6) is 0 Å². The molecule has 3 heteroatoms. The third-order valence-corrected chi connectivity index (χ3v) is 3.13. The summed E-state index contributed by atoms with van der Waals surface area (Å²) in [7, 11) is 2.14. The molecule has 0 unspecified atom stereocenters. The molecular weight excluding hydrogens is 226 g/mol. The van der Waals surface area contributed by atoms with Gasteiger partial charge in [0.1, 0.15) is 0 Å². The molecule has 0 aliphatic carbocycles. The first-order valence-corrected chi connectivity index (χ1v) is 6.34. The highest BCUT2D eigenvalue weighted by Gasteiger charge is 2.12. The van der Waals surface area contributed by atoms with Crippen molar-refractivity contribution >= 4 is 12.0 Å². The SMILES string of the molecule is CCOC(=O)/C=C/c1ccc2c(c1)CCN(C)C2. The zero-order valence-corrected chi connectivity index (χ0v) is 11.0. The van der Waals surface area contributed by atoms with Crippen LogP contribution in [-0.4, -0.2) is 31.1 Å². The maximum atomic E-state index is 11.2. The lowest BCUT2D eigenvalue weighted by Gasteiger charge is -2.25. The Morgan fingerprint density at radius 1 is 1.44 bits per heavy atom. The van der Waals surface area contributed by atoms with Crippen molar-refractivity contribution in [3.05, 3.63) is 41.0 Å². The van der Waals surface area contributed by atoms with E-state index in [9.17, 15) is 4.79 Å². The van der Waals surface area contributed by atoms with Gasteiger partial charge >= 0.3 is 5.97 Å². The van der Waals surface area contributed by atoms with Crippen LogP contribution in [-0.2, 0) is 22.5 Å². The summed E-state index contributed by atoms with van der Waals surface area (Å²) in [6.45, 7) is 4.33. The first-order chi connectivity index (χ1) is 8.69. The Labute approximate surface area is 108 Å². The van der Waals surface area contributed by atoms with E-state index in [2.05, 4.69) is 24.1 Å². The minimum Gasteiger partial charge on any atom is -0.463 e. The van der Waals surface area contributed by atoms with E-state index in [1.165, 1.54) is 17.2 Å². The van der Waals surface area contributed by atoms with E-state index in [1.807, 2.05) is 12.1 Å². The molecule has 1 aliphatic rings. The van der Waals surface area contributed by atoms with Crippen molar-refractivity contribution < 1.29 is 9.53 Å². The quantitative estimate of drug-likeness (QED) is 0.604. The Hall–Kier alpha value is -1.61. The normalized spacial score (nSPS) is 15.7. The lowest BCUT2D eigenvalue weighted by Crippen LogP contribution is -2.26. The summed E-state index contributed by atoms with van der Waals surface area (Å²) in [6.07, 6.45) is 4.38. The van der Waals surface area contributed by atoms with Crippen LogP contribution in [0.3, 0.4) is 0 Å². The summed E-state index contributed by atoms with van der Waals surface area (Å²) in [4.78, 5) is 13.5. The van der Waals surface area contributed by atoms with Crippen LogP contribution in [0.25, 0.3) is 6.08 Å². The Morgan fingerprint density at radius 3 is 3.06 bits per heavy atom. The molecule has 0 fully saturated rings. The Bertz CT molecular complexity index is 466. The van der Waals surface area contributed by atoms with Gasteiger partial charge in [0, 0.05) is 19.2 Å². The van der Waals surface area contributed by atoms with E-state index in [0.717, 1.165) is 25.1 Å². The lowest BCUT2D eigenvalue weighted by molar-refractivity contribution is -0.137. The number of nitrogens with zero attached hydrogens (tertiary/aromatic N) is 1. The summed E-state index contributed by atoms with van der Waals surface area (Å²) in [5, 5.41) is 0. The van der Waals surface area contributed by atoms with Gasteiger partial charge in [-0.05, 0) is 43.2 Å². The van der Waals surface area contributed by atoms with Gasteiger partial charge in [0.15, 0.2) is 0 Å². The van der Waals surface area contributed by atoms with Gasteiger partial charge in [-0.25, -0.2) is 4.79 Å². The van der Waals surface area contributed by atoms with Gasteiger partial charge in [0.2, 0.25) is 0 Å². The molecule has 3 nitrogen and oxygen atoms in total. The van der Waals surface area contributed by atoms with Crippen molar-refractivity contribution in [3.8, 4) is 0 Å². The summed E-state index contributed by atoms with van der Waals surface area (Å²) in [5.74, 6) is -0.282. The highest BCUT2D eigenvalue weighted by molar-refractivity contribution is 5.87. The number of rotatable bonds is 3. The van der Waals surface area contributed by atoms with Gasteiger partial charge in [0.05, 0.1) is 6.61 Å². The predicted octanol–water partition coefficient (Wildman–Crippen LogP) is 2.25. The highest BCUT2D eigenvalue weighted by Crippen LogP contribution is 2.20. The topological polar surface area (TPSA) is 29.5 Å². The molecule has 1 aromatic rings. The van der Waals surface area contributed by atoms with Crippen molar-refractivity contribution in [2.24, 2.45) is 0 Å². The molecule has 1 aromatic carbocycles. The number of hydrogen-bond acceptors (Lipinski definition) is 3. The summed E-state index contributed by atoms with van der Waals surface area (Å²) in [6, 6.07) is 6.36. The monoisotopic (exact) mass is 245 g/mol. The van der Waals surface area contributed by atoms with Crippen molar-refractivity contribution in [2.45, 2.75) is 19.9 Å².